The Morgan fingerprint density at radius 1 is 1.50 bits per heavy atom. The number of hydrogen-bond donors (Lipinski definition) is 2. The van der Waals surface area contributed by atoms with Gasteiger partial charge in [0.15, 0.2) is 0 Å². The SMILES string of the molecule is Cl.NC(=O)N=C(N)C=Cc1ccco1. The van der Waals surface area contributed by atoms with Crippen LogP contribution in [-0.2, 0) is 0 Å². The molecule has 4 N–H and O–H groups in total. The Labute approximate surface area is 86.9 Å². The molecular weight excluding hydrogens is 206 g/mol. The minimum absolute atomic E-state index is 0. The minimum Gasteiger partial charge on any atom is -0.465 e. The Bertz CT molecular complexity index is 343. The molecule has 0 aromatic carbocycles. The second-order valence-corrected chi connectivity index (χ2v) is 2.22. The monoisotopic (exact) mass is 215 g/mol. The molecule has 5 nitrogen and oxygen atoms in total. The summed E-state index contributed by atoms with van der Waals surface area (Å²) >= 11 is 0. The van der Waals surface area contributed by atoms with Gasteiger partial charge < -0.3 is 15.9 Å². The molecule has 0 bridgehead atoms. The summed E-state index contributed by atoms with van der Waals surface area (Å²) in [5.74, 6) is 0.673. The van der Waals surface area contributed by atoms with Crippen molar-refractivity contribution in [2.24, 2.45) is 16.5 Å². The number of urea groups is 1. The summed E-state index contributed by atoms with van der Waals surface area (Å²) in [5.41, 5.74) is 10.1. The van der Waals surface area contributed by atoms with E-state index in [0.717, 1.165) is 0 Å². The van der Waals surface area contributed by atoms with Gasteiger partial charge >= 0.3 is 6.03 Å². The van der Waals surface area contributed by atoms with Gasteiger partial charge in [0.1, 0.15) is 11.6 Å². The van der Waals surface area contributed by atoms with Gasteiger partial charge in [-0.05, 0) is 24.3 Å². The quantitative estimate of drug-likeness (QED) is 0.572. The fourth-order valence-electron chi connectivity index (χ4n) is 0.718. The molecule has 76 valence electrons. The van der Waals surface area contributed by atoms with Crippen LogP contribution in [0.2, 0.25) is 0 Å². The predicted octanol–water partition coefficient (Wildman–Crippen LogP) is 1.15. The summed E-state index contributed by atoms with van der Waals surface area (Å²) in [4.78, 5) is 13.6. The van der Waals surface area contributed by atoms with E-state index in [1.54, 1.807) is 18.2 Å². The molecule has 1 rings (SSSR count). The fourth-order valence-corrected chi connectivity index (χ4v) is 0.718. The van der Waals surface area contributed by atoms with Crippen LogP contribution in [0.4, 0.5) is 4.79 Å². The third-order valence-corrected chi connectivity index (χ3v) is 1.20. The Balaban J connectivity index is 0.00000169. The molecule has 0 unspecified atom stereocenters. The molecule has 0 atom stereocenters. The first-order valence-corrected chi connectivity index (χ1v) is 3.53. The third kappa shape index (κ3) is 4.32. The molecule has 0 aliphatic rings. The van der Waals surface area contributed by atoms with Gasteiger partial charge in [-0.15, -0.1) is 12.4 Å². The molecule has 14 heavy (non-hydrogen) atoms. The number of amides is 2. The van der Waals surface area contributed by atoms with Crippen LogP contribution in [0.5, 0.6) is 0 Å². The number of aliphatic imine (C=N–C) groups is 1. The van der Waals surface area contributed by atoms with Crippen LogP contribution < -0.4 is 11.5 Å². The summed E-state index contributed by atoms with van der Waals surface area (Å²) in [6, 6.07) is 2.66. The number of rotatable bonds is 2. The summed E-state index contributed by atoms with van der Waals surface area (Å²) in [6.45, 7) is 0. The fraction of sp³-hybridized carbons (Fsp3) is 0. The van der Waals surface area contributed by atoms with Crippen molar-refractivity contribution < 1.29 is 9.21 Å². The van der Waals surface area contributed by atoms with E-state index >= 15 is 0 Å². The highest BCUT2D eigenvalue weighted by Gasteiger charge is 1.91. The predicted molar refractivity (Wildman–Crippen MR) is 56.2 cm³/mol. The zero-order valence-electron chi connectivity index (χ0n) is 7.21. The molecule has 2 amide bonds. The number of furan rings is 1. The number of carbonyl (C=O) groups excluding carboxylic acids is 1. The van der Waals surface area contributed by atoms with Crippen molar-refractivity contribution in [1.82, 2.24) is 0 Å². The van der Waals surface area contributed by atoms with Gasteiger partial charge in [0.2, 0.25) is 0 Å². The number of nitrogens with two attached hydrogens (primary N) is 2. The largest absolute Gasteiger partial charge is 0.465 e. The highest BCUT2D eigenvalue weighted by Crippen LogP contribution is 2.01. The second kappa shape index (κ2) is 5.82. The number of amidine groups is 1. The average molecular weight is 216 g/mol. The van der Waals surface area contributed by atoms with E-state index in [2.05, 4.69) is 4.99 Å². The van der Waals surface area contributed by atoms with E-state index in [1.807, 2.05) is 0 Å². The molecule has 0 fully saturated rings. The van der Waals surface area contributed by atoms with Gasteiger partial charge in [0, 0.05) is 0 Å². The van der Waals surface area contributed by atoms with E-state index in [-0.39, 0.29) is 18.2 Å². The van der Waals surface area contributed by atoms with E-state index in [4.69, 9.17) is 15.9 Å². The van der Waals surface area contributed by atoms with Crippen LogP contribution in [0, 0.1) is 0 Å². The zero-order chi connectivity index (χ0) is 9.68. The first kappa shape index (κ1) is 12.2. The number of primary amides is 1. The van der Waals surface area contributed by atoms with E-state index in [9.17, 15) is 4.79 Å². The Hall–Kier alpha value is -1.75. The number of hydrogen-bond acceptors (Lipinski definition) is 2. The van der Waals surface area contributed by atoms with E-state index in [1.165, 1.54) is 12.3 Å². The highest BCUT2D eigenvalue weighted by molar-refractivity contribution is 6.01. The lowest BCUT2D eigenvalue weighted by Gasteiger charge is -1.87. The molecule has 0 saturated heterocycles. The Morgan fingerprint density at radius 2 is 2.21 bits per heavy atom. The van der Waals surface area contributed by atoms with Crippen molar-refractivity contribution in [3.05, 3.63) is 30.2 Å². The van der Waals surface area contributed by atoms with Gasteiger partial charge in [0.05, 0.1) is 6.26 Å². The Kier molecular flexibility index (Phi) is 5.09. The maximum atomic E-state index is 10.3. The maximum Gasteiger partial charge on any atom is 0.340 e. The molecule has 1 aromatic rings. The van der Waals surface area contributed by atoms with Gasteiger partial charge in [0.25, 0.3) is 0 Å². The zero-order valence-corrected chi connectivity index (χ0v) is 8.03. The molecule has 1 aromatic heterocycles. The summed E-state index contributed by atoms with van der Waals surface area (Å²) < 4.78 is 4.98. The van der Waals surface area contributed by atoms with Crippen molar-refractivity contribution in [1.29, 1.82) is 0 Å². The van der Waals surface area contributed by atoms with Crippen LogP contribution in [0.25, 0.3) is 6.08 Å². The molecular formula is C8H10ClN3O2. The van der Waals surface area contributed by atoms with Crippen LogP contribution in [0.3, 0.4) is 0 Å². The van der Waals surface area contributed by atoms with Gasteiger partial charge in [-0.1, -0.05) is 0 Å². The molecule has 1 heterocycles. The normalized spacial score (nSPS) is 11.3. The van der Waals surface area contributed by atoms with Crippen molar-refractivity contribution in [2.75, 3.05) is 0 Å². The molecule has 0 radical (unpaired) electrons. The summed E-state index contributed by atoms with van der Waals surface area (Å²) in [5, 5.41) is 0. The van der Waals surface area contributed by atoms with Gasteiger partial charge in [-0.3, -0.25) is 0 Å². The lowest BCUT2D eigenvalue weighted by Crippen LogP contribution is -2.14. The van der Waals surface area contributed by atoms with Crippen LogP contribution >= 0.6 is 12.4 Å². The van der Waals surface area contributed by atoms with Gasteiger partial charge in [-0.25, -0.2) is 4.79 Å². The van der Waals surface area contributed by atoms with Crippen molar-refractivity contribution in [3.8, 4) is 0 Å². The van der Waals surface area contributed by atoms with E-state index in [0.29, 0.717) is 5.76 Å². The molecule has 0 spiro atoms. The second-order valence-electron chi connectivity index (χ2n) is 2.22. The van der Waals surface area contributed by atoms with Crippen LogP contribution in [-0.4, -0.2) is 11.9 Å². The standard InChI is InChI=1S/C8H9N3O2.ClH/c9-7(11-8(10)12)4-3-6-2-1-5-13-6;/h1-5H,(H4,9,10,11,12);1H. The van der Waals surface area contributed by atoms with Crippen LogP contribution in [0.15, 0.2) is 33.9 Å². The third-order valence-electron chi connectivity index (χ3n) is 1.20. The average Bonchev–Trinajstić information content (AvgIpc) is 2.51. The van der Waals surface area contributed by atoms with Crippen LogP contribution in [0.1, 0.15) is 5.76 Å². The molecule has 0 saturated carbocycles. The first-order valence-electron chi connectivity index (χ1n) is 3.53. The molecule has 0 aliphatic carbocycles. The lowest BCUT2D eigenvalue weighted by molar-refractivity contribution is 0.256. The van der Waals surface area contributed by atoms with Crippen molar-refractivity contribution in [3.63, 3.8) is 0 Å². The highest BCUT2D eigenvalue weighted by atomic mass is 35.5. The summed E-state index contributed by atoms with van der Waals surface area (Å²) in [7, 11) is 0. The Morgan fingerprint density at radius 3 is 2.71 bits per heavy atom. The molecule has 0 aliphatic heterocycles. The number of halogens is 1. The van der Waals surface area contributed by atoms with Crippen molar-refractivity contribution in [2.45, 2.75) is 0 Å². The maximum absolute atomic E-state index is 10.3. The first-order chi connectivity index (χ1) is 6.18. The topological polar surface area (TPSA) is 94.6 Å². The lowest BCUT2D eigenvalue weighted by atomic mass is 10.4. The number of carbonyl (C=O) groups is 1. The van der Waals surface area contributed by atoms with E-state index < -0.39 is 6.03 Å². The summed E-state index contributed by atoms with van der Waals surface area (Å²) in [6.07, 6.45) is 4.55. The van der Waals surface area contributed by atoms with Gasteiger partial charge in [-0.2, -0.15) is 4.99 Å². The molecule has 6 heteroatoms. The number of nitrogens with zero attached hydrogens (tertiary/aromatic N) is 1. The van der Waals surface area contributed by atoms with Crippen molar-refractivity contribution >= 4 is 30.3 Å². The smallest absolute Gasteiger partial charge is 0.340 e. The minimum atomic E-state index is -0.818.